The van der Waals surface area contributed by atoms with Gasteiger partial charge in [-0.3, -0.25) is 0 Å². The van der Waals surface area contributed by atoms with Gasteiger partial charge < -0.3 is 4.74 Å². The van der Waals surface area contributed by atoms with E-state index in [1.165, 1.54) is 7.11 Å². The molecular weight excluding hydrogens is 290 g/mol. The summed E-state index contributed by atoms with van der Waals surface area (Å²) in [5, 5.41) is 8.70. The summed E-state index contributed by atoms with van der Waals surface area (Å²) < 4.78 is 6.53. The first-order valence-corrected chi connectivity index (χ1v) is 7.18. The number of carbonyl (C=O) groups excluding carboxylic acids is 1. The number of aryl methyl sites for hydroxylation is 1. The van der Waals surface area contributed by atoms with Gasteiger partial charge >= 0.3 is 5.97 Å². The molecule has 0 aliphatic carbocycles. The Hall–Kier alpha value is -1.88. The summed E-state index contributed by atoms with van der Waals surface area (Å²) in [5.74, 6) is 0.0459. The largest absolute Gasteiger partial charge is 0.464 e. The number of aromatic nitrogens is 3. The van der Waals surface area contributed by atoms with Crippen molar-refractivity contribution >= 4 is 17.6 Å². The number of hydrogen-bond donors (Lipinski definition) is 0. The van der Waals surface area contributed by atoms with Crippen LogP contribution < -0.4 is 0 Å². The van der Waals surface area contributed by atoms with Gasteiger partial charge in [0.2, 0.25) is 0 Å². The second-order valence-electron chi connectivity index (χ2n) is 5.19. The SMILES string of the molecule is COC(=O)c1nnn(CCC(C)C)c1-c1ccc(Cl)cc1. The van der Waals surface area contributed by atoms with E-state index >= 15 is 0 Å². The quantitative estimate of drug-likeness (QED) is 0.794. The number of hydrogen-bond acceptors (Lipinski definition) is 4. The highest BCUT2D eigenvalue weighted by Crippen LogP contribution is 2.25. The number of nitrogens with zero attached hydrogens (tertiary/aromatic N) is 3. The van der Waals surface area contributed by atoms with Crippen molar-refractivity contribution in [1.29, 1.82) is 0 Å². The van der Waals surface area contributed by atoms with Crippen LogP contribution >= 0.6 is 11.6 Å². The molecule has 0 spiro atoms. The molecule has 0 amide bonds. The molecule has 0 saturated heterocycles. The van der Waals surface area contributed by atoms with Crippen LogP contribution in [-0.2, 0) is 11.3 Å². The van der Waals surface area contributed by atoms with Crippen LogP contribution in [0, 0.1) is 5.92 Å². The summed E-state index contributed by atoms with van der Waals surface area (Å²) in [6, 6.07) is 7.24. The van der Waals surface area contributed by atoms with E-state index in [1.807, 2.05) is 12.1 Å². The van der Waals surface area contributed by atoms with Gasteiger partial charge in [0.05, 0.1) is 7.11 Å². The molecule has 21 heavy (non-hydrogen) atoms. The summed E-state index contributed by atoms with van der Waals surface area (Å²) in [7, 11) is 1.33. The Balaban J connectivity index is 2.45. The maximum Gasteiger partial charge on any atom is 0.360 e. The molecule has 1 heterocycles. The first-order valence-electron chi connectivity index (χ1n) is 6.80. The second-order valence-corrected chi connectivity index (χ2v) is 5.63. The Labute approximate surface area is 128 Å². The smallest absolute Gasteiger partial charge is 0.360 e. The van der Waals surface area contributed by atoms with Crippen molar-refractivity contribution in [3.05, 3.63) is 35.0 Å². The molecule has 0 aliphatic heterocycles. The molecule has 112 valence electrons. The number of methoxy groups -OCH3 is 1. The summed E-state index contributed by atoms with van der Waals surface area (Å²) >= 11 is 5.92. The van der Waals surface area contributed by atoms with E-state index in [4.69, 9.17) is 16.3 Å². The molecular formula is C15H18ClN3O2. The lowest BCUT2D eigenvalue weighted by atomic mass is 10.1. The van der Waals surface area contributed by atoms with Crippen LogP contribution in [0.5, 0.6) is 0 Å². The Morgan fingerprint density at radius 3 is 2.57 bits per heavy atom. The van der Waals surface area contributed by atoms with Crippen LogP contribution in [0.1, 0.15) is 30.8 Å². The van der Waals surface area contributed by atoms with Gasteiger partial charge in [0.15, 0.2) is 5.69 Å². The fourth-order valence-electron chi connectivity index (χ4n) is 1.98. The van der Waals surface area contributed by atoms with Gasteiger partial charge in [-0.1, -0.05) is 42.8 Å². The molecule has 5 nitrogen and oxygen atoms in total. The molecule has 2 aromatic rings. The lowest BCUT2D eigenvalue weighted by Crippen LogP contribution is -2.08. The number of esters is 1. The van der Waals surface area contributed by atoms with Crippen molar-refractivity contribution in [2.45, 2.75) is 26.8 Å². The summed E-state index contributed by atoms with van der Waals surface area (Å²) in [6.07, 6.45) is 0.949. The molecule has 1 aromatic carbocycles. The number of carbonyl (C=O) groups is 1. The molecule has 0 aliphatic rings. The minimum absolute atomic E-state index is 0.226. The van der Waals surface area contributed by atoms with E-state index < -0.39 is 5.97 Å². The zero-order valence-corrected chi connectivity index (χ0v) is 13.1. The zero-order chi connectivity index (χ0) is 15.4. The van der Waals surface area contributed by atoms with Crippen LogP contribution in [0.4, 0.5) is 0 Å². The number of ether oxygens (including phenoxy) is 1. The van der Waals surface area contributed by atoms with Gasteiger partial charge in [-0.15, -0.1) is 5.10 Å². The van der Waals surface area contributed by atoms with Crippen LogP contribution in [0.2, 0.25) is 5.02 Å². The van der Waals surface area contributed by atoms with Gasteiger partial charge in [0.1, 0.15) is 5.69 Å². The van der Waals surface area contributed by atoms with Crippen molar-refractivity contribution in [3.8, 4) is 11.3 Å². The summed E-state index contributed by atoms with van der Waals surface area (Å²) in [6.45, 7) is 4.97. The van der Waals surface area contributed by atoms with Crippen LogP contribution in [0.25, 0.3) is 11.3 Å². The number of halogens is 1. The molecule has 0 saturated carbocycles. The maximum absolute atomic E-state index is 11.9. The molecule has 6 heteroatoms. The summed E-state index contributed by atoms with van der Waals surface area (Å²) in [4.78, 5) is 11.9. The first-order chi connectivity index (χ1) is 10.0. The lowest BCUT2D eigenvalue weighted by Gasteiger charge is -2.09. The monoisotopic (exact) mass is 307 g/mol. The number of rotatable bonds is 5. The standard InChI is InChI=1S/C15H18ClN3O2/c1-10(2)8-9-19-14(11-4-6-12(16)7-5-11)13(17-18-19)15(20)21-3/h4-7,10H,8-9H2,1-3H3. The normalized spacial score (nSPS) is 10.9. The highest BCUT2D eigenvalue weighted by Gasteiger charge is 2.21. The van der Waals surface area contributed by atoms with Crippen LogP contribution in [0.3, 0.4) is 0 Å². The summed E-state index contributed by atoms with van der Waals surface area (Å²) in [5.41, 5.74) is 1.73. The highest BCUT2D eigenvalue weighted by atomic mass is 35.5. The average molecular weight is 308 g/mol. The first kappa shape index (κ1) is 15.5. The Kier molecular flexibility index (Phi) is 4.96. The topological polar surface area (TPSA) is 57.0 Å². The second kappa shape index (κ2) is 6.72. The van der Waals surface area contributed by atoms with Crippen LogP contribution in [-0.4, -0.2) is 28.1 Å². The fourth-order valence-corrected chi connectivity index (χ4v) is 2.10. The van der Waals surface area contributed by atoms with Crippen molar-refractivity contribution < 1.29 is 9.53 Å². The van der Waals surface area contributed by atoms with E-state index in [-0.39, 0.29) is 5.69 Å². The highest BCUT2D eigenvalue weighted by molar-refractivity contribution is 6.30. The third kappa shape index (κ3) is 3.61. The molecule has 0 unspecified atom stereocenters. The average Bonchev–Trinajstić information content (AvgIpc) is 2.89. The lowest BCUT2D eigenvalue weighted by molar-refractivity contribution is 0.0595. The molecule has 0 bridgehead atoms. The Bertz CT molecular complexity index is 620. The van der Waals surface area contributed by atoms with Gasteiger partial charge in [0.25, 0.3) is 0 Å². The van der Waals surface area contributed by atoms with Gasteiger partial charge in [-0.05, 0) is 24.5 Å². The predicted octanol–water partition coefficient (Wildman–Crippen LogP) is 3.43. The van der Waals surface area contributed by atoms with Gasteiger partial charge in [-0.25, -0.2) is 9.48 Å². The van der Waals surface area contributed by atoms with Crippen molar-refractivity contribution in [3.63, 3.8) is 0 Å². The number of benzene rings is 1. The van der Waals surface area contributed by atoms with Crippen molar-refractivity contribution in [2.75, 3.05) is 7.11 Å². The molecule has 0 fully saturated rings. The Morgan fingerprint density at radius 1 is 1.33 bits per heavy atom. The molecule has 1 aromatic heterocycles. The third-order valence-corrected chi connectivity index (χ3v) is 3.40. The van der Waals surface area contributed by atoms with E-state index in [0.29, 0.717) is 23.2 Å². The maximum atomic E-state index is 11.9. The van der Waals surface area contributed by atoms with E-state index in [1.54, 1.807) is 16.8 Å². The third-order valence-electron chi connectivity index (χ3n) is 3.15. The van der Waals surface area contributed by atoms with Gasteiger partial charge in [-0.2, -0.15) is 0 Å². The van der Waals surface area contributed by atoms with E-state index in [2.05, 4.69) is 24.2 Å². The molecule has 2 rings (SSSR count). The predicted molar refractivity (Wildman–Crippen MR) is 81.3 cm³/mol. The minimum Gasteiger partial charge on any atom is -0.464 e. The minimum atomic E-state index is -0.490. The van der Waals surface area contributed by atoms with Gasteiger partial charge in [0, 0.05) is 17.1 Å². The zero-order valence-electron chi connectivity index (χ0n) is 12.3. The molecule has 0 N–H and O–H groups in total. The molecule has 0 radical (unpaired) electrons. The molecule has 0 atom stereocenters. The van der Waals surface area contributed by atoms with E-state index in [9.17, 15) is 4.79 Å². The van der Waals surface area contributed by atoms with Crippen molar-refractivity contribution in [2.24, 2.45) is 5.92 Å². The van der Waals surface area contributed by atoms with Crippen molar-refractivity contribution in [1.82, 2.24) is 15.0 Å². The Morgan fingerprint density at radius 2 is 2.00 bits per heavy atom. The fraction of sp³-hybridized carbons (Fsp3) is 0.400. The van der Waals surface area contributed by atoms with Crippen LogP contribution in [0.15, 0.2) is 24.3 Å². The van der Waals surface area contributed by atoms with E-state index in [0.717, 1.165) is 12.0 Å².